The summed E-state index contributed by atoms with van der Waals surface area (Å²) in [7, 11) is 0. The van der Waals surface area contributed by atoms with Crippen LogP contribution in [0.1, 0.15) is 142 Å². The summed E-state index contributed by atoms with van der Waals surface area (Å²) in [4.78, 5) is 0. The third-order valence-electron chi connectivity index (χ3n) is 6.34. The number of thiol groups is 1. The van der Waals surface area contributed by atoms with Gasteiger partial charge in [0.1, 0.15) is 5.44 Å². The summed E-state index contributed by atoms with van der Waals surface area (Å²) in [5, 5.41) is 9.90. The second-order valence-corrected chi connectivity index (χ2v) is 9.62. The minimum absolute atomic E-state index is 0.0756. The van der Waals surface area contributed by atoms with Gasteiger partial charge in [0.15, 0.2) is 0 Å². The average Bonchev–Trinajstić information content (AvgIpc) is 2.70. The smallest absolute Gasteiger partial charge is 0.123 e. The van der Waals surface area contributed by atoms with E-state index in [0.29, 0.717) is 6.10 Å². The van der Waals surface area contributed by atoms with Crippen molar-refractivity contribution in [3.05, 3.63) is 0 Å². The molecule has 1 fully saturated rings. The van der Waals surface area contributed by atoms with Crippen LogP contribution in [0.25, 0.3) is 0 Å². The first kappa shape index (κ1) is 26.3. The SMILES string of the molecule is CCCCCCCCCCCCCCCCCC(OC1CCCCC1)C(O)S. The molecule has 1 saturated carbocycles. The molecule has 2 nitrogen and oxygen atoms in total. The zero-order valence-electron chi connectivity index (χ0n) is 18.9. The molecule has 1 aliphatic rings. The van der Waals surface area contributed by atoms with Gasteiger partial charge >= 0.3 is 0 Å². The Hall–Kier alpha value is 0.270. The van der Waals surface area contributed by atoms with Gasteiger partial charge in [-0.25, -0.2) is 0 Å². The maximum Gasteiger partial charge on any atom is 0.123 e. The maximum atomic E-state index is 9.90. The third kappa shape index (κ3) is 15.2. The molecular formula is C25H50O2S. The maximum absolute atomic E-state index is 9.90. The van der Waals surface area contributed by atoms with E-state index in [1.807, 2.05) is 0 Å². The highest BCUT2D eigenvalue weighted by Gasteiger charge is 2.22. The minimum Gasteiger partial charge on any atom is -0.380 e. The number of hydrogen-bond acceptors (Lipinski definition) is 3. The van der Waals surface area contributed by atoms with Crippen molar-refractivity contribution in [1.82, 2.24) is 0 Å². The van der Waals surface area contributed by atoms with Crippen LogP contribution in [0.15, 0.2) is 0 Å². The van der Waals surface area contributed by atoms with E-state index in [1.54, 1.807) is 0 Å². The van der Waals surface area contributed by atoms with Crippen molar-refractivity contribution in [2.75, 3.05) is 0 Å². The molecule has 1 N–H and O–H groups in total. The molecule has 0 saturated heterocycles. The summed E-state index contributed by atoms with van der Waals surface area (Å²) < 4.78 is 6.15. The molecule has 28 heavy (non-hydrogen) atoms. The Morgan fingerprint density at radius 2 is 1.14 bits per heavy atom. The van der Waals surface area contributed by atoms with Gasteiger partial charge in [0.25, 0.3) is 0 Å². The lowest BCUT2D eigenvalue weighted by atomic mass is 9.97. The fourth-order valence-electron chi connectivity index (χ4n) is 4.45. The van der Waals surface area contributed by atoms with Gasteiger partial charge in [-0.1, -0.05) is 122 Å². The number of aliphatic hydroxyl groups excluding tert-OH is 1. The zero-order chi connectivity index (χ0) is 20.3. The van der Waals surface area contributed by atoms with Gasteiger partial charge in [-0.3, -0.25) is 0 Å². The molecule has 1 aliphatic carbocycles. The van der Waals surface area contributed by atoms with Gasteiger partial charge in [-0.05, 0) is 19.3 Å². The zero-order valence-corrected chi connectivity index (χ0v) is 19.8. The van der Waals surface area contributed by atoms with Crippen LogP contribution in [-0.4, -0.2) is 22.8 Å². The van der Waals surface area contributed by atoms with Gasteiger partial charge in [-0.15, -0.1) is 12.6 Å². The number of aliphatic hydroxyl groups is 1. The fourth-order valence-corrected chi connectivity index (χ4v) is 4.67. The highest BCUT2D eigenvalue weighted by atomic mass is 32.1. The molecule has 3 heteroatoms. The van der Waals surface area contributed by atoms with Gasteiger partial charge in [0.2, 0.25) is 0 Å². The fraction of sp³-hybridized carbons (Fsp3) is 1.00. The molecule has 168 valence electrons. The lowest BCUT2D eigenvalue weighted by Crippen LogP contribution is -2.31. The van der Waals surface area contributed by atoms with E-state index in [2.05, 4.69) is 19.6 Å². The summed E-state index contributed by atoms with van der Waals surface area (Å²) in [6.07, 6.45) is 28.3. The Balaban J connectivity index is 1.85. The number of unbranched alkanes of at least 4 members (excludes halogenated alkanes) is 14. The van der Waals surface area contributed by atoms with Crippen LogP contribution in [0, 0.1) is 0 Å². The Bertz CT molecular complexity index is 316. The predicted molar refractivity (Wildman–Crippen MR) is 126 cm³/mol. The van der Waals surface area contributed by atoms with E-state index in [0.717, 1.165) is 25.7 Å². The molecule has 0 radical (unpaired) electrons. The normalized spacial score (nSPS) is 17.7. The van der Waals surface area contributed by atoms with Crippen molar-refractivity contribution in [1.29, 1.82) is 0 Å². The summed E-state index contributed by atoms with van der Waals surface area (Å²) in [5.41, 5.74) is -0.631. The van der Waals surface area contributed by atoms with Gasteiger partial charge in [0.05, 0.1) is 12.2 Å². The number of rotatable bonds is 19. The van der Waals surface area contributed by atoms with E-state index >= 15 is 0 Å². The van der Waals surface area contributed by atoms with E-state index in [4.69, 9.17) is 4.74 Å². The van der Waals surface area contributed by atoms with Crippen molar-refractivity contribution in [3.8, 4) is 0 Å². The Morgan fingerprint density at radius 3 is 1.57 bits per heavy atom. The van der Waals surface area contributed by atoms with Gasteiger partial charge in [0, 0.05) is 0 Å². The number of hydrogen-bond donors (Lipinski definition) is 2. The predicted octanol–water partition coefficient (Wildman–Crippen LogP) is 8.21. The van der Waals surface area contributed by atoms with Crippen molar-refractivity contribution >= 4 is 12.6 Å². The Labute approximate surface area is 182 Å². The second-order valence-electron chi connectivity index (χ2n) is 9.09. The summed E-state index contributed by atoms with van der Waals surface area (Å²) in [6.45, 7) is 2.29. The first-order chi connectivity index (χ1) is 13.7. The molecule has 1 rings (SSSR count). The van der Waals surface area contributed by atoms with Crippen LogP contribution < -0.4 is 0 Å². The van der Waals surface area contributed by atoms with Crippen molar-refractivity contribution < 1.29 is 9.84 Å². The van der Waals surface area contributed by atoms with Gasteiger partial charge < -0.3 is 9.84 Å². The molecule has 0 heterocycles. The van der Waals surface area contributed by atoms with Crippen LogP contribution in [-0.2, 0) is 4.74 Å². The molecule has 2 atom stereocenters. The van der Waals surface area contributed by atoms with Crippen molar-refractivity contribution in [2.24, 2.45) is 0 Å². The second kappa shape index (κ2) is 19.2. The summed E-state index contributed by atoms with van der Waals surface area (Å²) >= 11 is 4.25. The van der Waals surface area contributed by atoms with Crippen molar-refractivity contribution in [2.45, 2.75) is 159 Å². The average molecular weight is 415 g/mol. The largest absolute Gasteiger partial charge is 0.380 e. The first-order valence-corrected chi connectivity index (χ1v) is 13.3. The third-order valence-corrected chi connectivity index (χ3v) is 6.68. The molecule has 0 aromatic carbocycles. The first-order valence-electron chi connectivity index (χ1n) is 12.8. The molecule has 0 aliphatic heterocycles. The highest BCUT2D eigenvalue weighted by molar-refractivity contribution is 7.80. The Kier molecular flexibility index (Phi) is 18.1. The lowest BCUT2D eigenvalue weighted by molar-refractivity contribution is -0.0661. The van der Waals surface area contributed by atoms with Crippen LogP contribution in [0.2, 0.25) is 0 Å². The van der Waals surface area contributed by atoms with E-state index < -0.39 is 5.44 Å². The highest BCUT2D eigenvalue weighted by Crippen LogP contribution is 2.25. The molecule has 0 aromatic rings. The van der Waals surface area contributed by atoms with E-state index in [1.165, 1.54) is 109 Å². The summed E-state index contributed by atoms with van der Waals surface area (Å²) in [5.74, 6) is 0. The minimum atomic E-state index is -0.631. The van der Waals surface area contributed by atoms with E-state index in [9.17, 15) is 5.11 Å². The lowest BCUT2D eigenvalue weighted by Gasteiger charge is -2.29. The molecule has 0 aromatic heterocycles. The van der Waals surface area contributed by atoms with Crippen LogP contribution in [0.5, 0.6) is 0 Å². The van der Waals surface area contributed by atoms with E-state index in [-0.39, 0.29) is 6.10 Å². The molecule has 2 unspecified atom stereocenters. The molecular weight excluding hydrogens is 364 g/mol. The van der Waals surface area contributed by atoms with Crippen LogP contribution in [0.3, 0.4) is 0 Å². The summed E-state index contributed by atoms with van der Waals surface area (Å²) in [6, 6.07) is 0. The topological polar surface area (TPSA) is 29.5 Å². The van der Waals surface area contributed by atoms with Crippen molar-refractivity contribution in [3.63, 3.8) is 0 Å². The standard InChI is InChI=1S/C25H50O2S/c1-2-3-4-5-6-7-8-9-10-11-12-13-14-15-19-22-24(25(26)28)27-23-20-17-16-18-21-23/h23-26,28H,2-22H2,1H3. The quantitative estimate of drug-likeness (QED) is 0.127. The molecule has 0 bridgehead atoms. The molecule has 0 amide bonds. The van der Waals surface area contributed by atoms with Gasteiger partial charge in [-0.2, -0.15) is 0 Å². The van der Waals surface area contributed by atoms with Crippen LogP contribution >= 0.6 is 12.6 Å². The molecule has 0 spiro atoms. The number of ether oxygens (including phenoxy) is 1. The monoisotopic (exact) mass is 414 g/mol. The van der Waals surface area contributed by atoms with Crippen LogP contribution in [0.4, 0.5) is 0 Å². The Morgan fingerprint density at radius 1 is 0.714 bits per heavy atom.